The number of alkyl halides is 58. The SMILES string of the molecule is O=P(O)(OCCC(F)(F)C(F)(F)C(F)(F)C(F)(F)C(F)(F)C(F)(F)C(F)(F)C(F)(F)C(F)(F)C(F)(F)C(F)(F)C(F)(F)C(F)(F)C(F)(F)F)OCCC(F)(F)C(F)(F)C(F)(F)C(F)(F)C(F)(F)C(F)(F)C(F)(F)C(F)(F)C(F)(F)C(F)(F)C(F)(F)C(F)(F)C(F)(F)C(F)(F)F. The number of rotatable bonds is 32. The molecule has 1 N–H and O–H groups in total. The maximum Gasteiger partial charge on any atom is 0.472 e. The molecule has 0 aliphatic carbocycles. The van der Waals surface area contributed by atoms with Gasteiger partial charge in [-0.3, -0.25) is 9.05 Å². The number of hydrogen-bond donors (Lipinski definition) is 1. The third kappa shape index (κ3) is 11.5. The van der Waals surface area contributed by atoms with Crippen molar-refractivity contribution in [1.82, 2.24) is 0 Å². The van der Waals surface area contributed by atoms with Crippen molar-refractivity contribution in [3.63, 3.8) is 0 Å². The molecule has 0 amide bonds. The zero-order valence-corrected chi connectivity index (χ0v) is 41.8. The predicted octanol–water partition coefficient (Wildman–Crippen LogP) is 19.5. The Morgan fingerprint density at radius 1 is 0.179 bits per heavy atom. The molecule has 0 spiro atoms. The van der Waals surface area contributed by atoms with Crippen LogP contribution < -0.4 is 0 Å². The molecule has 0 aromatic carbocycles. The Kier molecular flexibility index (Phi) is 22.1. The maximum atomic E-state index is 14.2. The van der Waals surface area contributed by atoms with E-state index in [1.165, 1.54) is 0 Å². The second kappa shape index (κ2) is 23.0. The van der Waals surface area contributed by atoms with Crippen LogP contribution in [0.1, 0.15) is 12.8 Å². The van der Waals surface area contributed by atoms with Crippen LogP contribution in [0.4, 0.5) is 255 Å². The standard InChI is InChI=1S/C32H9F58O4P/c33-5(34,7(37,38)9(41,42)11(45,46)13(49,50)15(53,54)17(57,58)19(61,62)21(65,66)23(69,70)25(73,74)27(77,78)29(81,82)31(85,86)87)1-3-93-95(91,92)94-4-2-6(35,36)8(39,40)10(43,44)12(47,48)14(51,52)16(55,56)18(59,60)20(63,64)22(67,68)24(71,72)26(75,76)28(79,80)30(83,84)32(88,89)90/h1-4H2,(H,91,92). The van der Waals surface area contributed by atoms with E-state index >= 15 is 0 Å². The summed E-state index contributed by atoms with van der Waals surface area (Å²) in [5.41, 5.74) is 0. The first kappa shape index (κ1) is 91.1. The van der Waals surface area contributed by atoms with Gasteiger partial charge in [0.2, 0.25) is 0 Å². The fourth-order valence-corrected chi connectivity index (χ4v) is 6.41. The summed E-state index contributed by atoms with van der Waals surface area (Å²) in [5, 5.41) is 0. The quantitative estimate of drug-likeness (QED) is 0.0539. The van der Waals surface area contributed by atoms with Crippen molar-refractivity contribution in [3.05, 3.63) is 0 Å². The van der Waals surface area contributed by atoms with Gasteiger partial charge in [-0.25, -0.2) is 4.57 Å². The highest BCUT2D eigenvalue weighted by Gasteiger charge is 3.03. The van der Waals surface area contributed by atoms with E-state index in [1.807, 2.05) is 0 Å². The first-order valence-electron chi connectivity index (χ1n) is 20.5. The van der Waals surface area contributed by atoms with E-state index in [0.717, 1.165) is 0 Å². The summed E-state index contributed by atoms with van der Waals surface area (Å²) >= 11 is 0. The zero-order valence-electron chi connectivity index (χ0n) is 40.9. The van der Waals surface area contributed by atoms with Crippen LogP contribution in [-0.4, -0.2) is 184 Å². The van der Waals surface area contributed by atoms with Crippen LogP contribution in [0.25, 0.3) is 0 Å². The van der Waals surface area contributed by atoms with Crippen LogP contribution in [0.5, 0.6) is 0 Å². The Morgan fingerprint density at radius 2 is 0.274 bits per heavy atom. The van der Waals surface area contributed by atoms with E-state index in [1.54, 1.807) is 0 Å². The molecular weight excluding hydrogens is 1580 g/mol. The van der Waals surface area contributed by atoms with Crippen LogP contribution in [0.2, 0.25) is 0 Å². The monoisotopic (exact) mass is 1590 g/mol. The highest BCUT2D eigenvalue weighted by molar-refractivity contribution is 7.47. The minimum absolute atomic E-state index is 2.76. The first-order chi connectivity index (χ1) is 39.9. The molecule has 0 fully saturated rings. The van der Waals surface area contributed by atoms with Gasteiger partial charge in [-0.15, -0.1) is 0 Å². The van der Waals surface area contributed by atoms with Crippen LogP contribution in [0.15, 0.2) is 0 Å². The van der Waals surface area contributed by atoms with Crippen LogP contribution in [-0.2, 0) is 13.6 Å². The molecule has 0 saturated heterocycles. The lowest BCUT2D eigenvalue weighted by Gasteiger charge is -2.46. The molecule has 0 saturated carbocycles. The fourth-order valence-electron chi connectivity index (χ4n) is 5.69. The molecular formula is C32H9F58O4P. The van der Waals surface area contributed by atoms with Crippen molar-refractivity contribution in [2.45, 2.75) is 179 Å². The normalized spacial score (nSPS) is 17.3. The van der Waals surface area contributed by atoms with Crippen molar-refractivity contribution in [1.29, 1.82) is 0 Å². The molecule has 0 aromatic heterocycles. The van der Waals surface area contributed by atoms with E-state index in [4.69, 9.17) is 4.89 Å². The summed E-state index contributed by atoms with van der Waals surface area (Å²) in [5.74, 6) is -255. The molecule has 0 radical (unpaired) electrons. The maximum absolute atomic E-state index is 14.2. The van der Waals surface area contributed by atoms with Gasteiger partial charge in [0.05, 0.1) is 13.2 Å². The summed E-state index contributed by atoms with van der Waals surface area (Å²) < 4.78 is 812. The highest BCUT2D eigenvalue weighted by atomic mass is 31.2. The molecule has 4 nitrogen and oxygen atoms in total. The number of halogens is 58. The fraction of sp³-hybridized carbons (Fsp3) is 1.00. The first-order valence-corrected chi connectivity index (χ1v) is 22.0. The molecule has 0 aliphatic heterocycles. The van der Waals surface area contributed by atoms with Crippen molar-refractivity contribution in [2.75, 3.05) is 13.2 Å². The lowest BCUT2D eigenvalue weighted by molar-refractivity contribution is -0.487. The van der Waals surface area contributed by atoms with Gasteiger partial charge in [-0.2, -0.15) is 255 Å². The number of phosphoric ester groups is 1. The average molecular weight is 1590 g/mol. The molecule has 0 aliphatic rings. The molecule has 0 heterocycles. The van der Waals surface area contributed by atoms with Crippen molar-refractivity contribution >= 4 is 7.82 Å². The molecule has 0 aromatic rings. The van der Waals surface area contributed by atoms with Crippen molar-refractivity contribution < 1.29 is 273 Å². The molecule has 63 heteroatoms. The molecule has 0 rings (SSSR count). The Hall–Kier alpha value is -3.95. The van der Waals surface area contributed by atoms with E-state index in [-0.39, 0.29) is 0 Å². The largest absolute Gasteiger partial charge is 0.472 e. The summed E-state index contributed by atoms with van der Waals surface area (Å²) in [7, 11) is -7.56. The van der Waals surface area contributed by atoms with Gasteiger partial charge in [0.15, 0.2) is 0 Å². The topological polar surface area (TPSA) is 55.8 Å². The summed E-state index contributed by atoms with van der Waals surface area (Å²) in [6.07, 6.45) is -25.8. The van der Waals surface area contributed by atoms with Crippen LogP contribution >= 0.6 is 7.82 Å². The highest BCUT2D eigenvalue weighted by Crippen LogP contribution is 2.72. The average Bonchev–Trinajstić information content (AvgIpc) is 0.688. The van der Waals surface area contributed by atoms with Crippen molar-refractivity contribution in [2.24, 2.45) is 0 Å². The Morgan fingerprint density at radius 3 is 0.379 bits per heavy atom. The van der Waals surface area contributed by atoms with E-state index in [2.05, 4.69) is 9.05 Å². The molecule has 572 valence electrons. The number of phosphoric acid groups is 1. The summed E-state index contributed by atoms with van der Waals surface area (Å²) in [4.78, 5) is 9.05. The smallest absolute Gasteiger partial charge is 0.302 e. The van der Waals surface area contributed by atoms with Gasteiger partial charge in [-0.1, -0.05) is 0 Å². The van der Waals surface area contributed by atoms with Gasteiger partial charge in [0.25, 0.3) is 0 Å². The molecule has 95 heavy (non-hydrogen) atoms. The van der Waals surface area contributed by atoms with Crippen LogP contribution in [0, 0.1) is 0 Å². The van der Waals surface area contributed by atoms with Gasteiger partial charge < -0.3 is 4.89 Å². The lowest BCUT2D eigenvalue weighted by atomic mass is 9.83. The summed E-state index contributed by atoms with van der Waals surface area (Å²) in [6.45, 7) is -7.35. The van der Waals surface area contributed by atoms with Crippen LogP contribution in [0.3, 0.4) is 0 Å². The van der Waals surface area contributed by atoms with E-state index in [0.29, 0.717) is 0 Å². The van der Waals surface area contributed by atoms with Gasteiger partial charge in [0.1, 0.15) is 0 Å². The Labute approximate surface area is 474 Å². The zero-order chi connectivity index (χ0) is 78.7. The molecule has 0 atom stereocenters. The third-order valence-corrected chi connectivity index (χ3v) is 12.7. The minimum Gasteiger partial charge on any atom is -0.302 e. The second-order valence-electron chi connectivity index (χ2n) is 17.8. The predicted molar refractivity (Wildman–Crippen MR) is 172 cm³/mol. The summed E-state index contributed by atoms with van der Waals surface area (Å²) in [6, 6.07) is 0. The lowest BCUT2D eigenvalue weighted by Crippen LogP contribution is -2.79. The number of hydrogen-bond acceptors (Lipinski definition) is 3. The van der Waals surface area contributed by atoms with E-state index in [9.17, 15) is 259 Å². The third-order valence-electron chi connectivity index (χ3n) is 11.6. The van der Waals surface area contributed by atoms with Gasteiger partial charge >= 0.3 is 174 Å². The second-order valence-corrected chi connectivity index (χ2v) is 19.3. The Balaban J connectivity index is 7.15. The van der Waals surface area contributed by atoms with E-state index < -0.39 is 200 Å². The molecule has 0 bridgehead atoms. The van der Waals surface area contributed by atoms with Gasteiger partial charge in [-0.05, 0) is 0 Å². The minimum atomic E-state index is -10.4. The Bertz CT molecular complexity index is 2580. The molecule has 0 unspecified atom stereocenters. The van der Waals surface area contributed by atoms with Crippen molar-refractivity contribution in [3.8, 4) is 0 Å². The van der Waals surface area contributed by atoms with Gasteiger partial charge in [0, 0.05) is 12.8 Å².